The van der Waals surface area contributed by atoms with E-state index in [1.54, 1.807) is 13.0 Å². The number of aromatic hydroxyl groups is 1. The lowest BCUT2D eigenvalue weighted by Gasteiger charge is -2.04. The van der Waals surface area contributed by atoms with Crippen molar-refractivity contribution < 1.29 is 5.11 Å². The van der Waals surface area contributed by atoms with Crippen LogP contribution >= 0.6 is 11.6 Å². The lowest BCUT2D eigenvalue weighted by molar-refractivity contribution is 0.472. The molecule has 0 aliphatic heterocycles. The van der Waals surface area contributed by atoms with E-state index in [0.717, 1.165) is 0 Å². The smallest absolute Gasteiger partial charge is 0.120 e. The van der Waals surface area contributed by atoms with E-state index < -0.39 is 0 Å². The Bertz CT molecular complexity index is 587. The number of pyridine rings is 1. The zero-order valence-corrected chi connectivity index (χ0v) is 8.71. The highest BCUT2D eigenvalue weighted by Crippen LogP contribution is 2.29. The van der Waals surface area contributed by atoms with E-state index in [0.29, 0.717) is 27.1 Å². The van der Waals surface area contributed by atoms with E-state index >= 15 is 0 Å². The first-order chi connectivity index (χ1) is 7.13. The summed E-state index contributed by atoms with van der Waals surface area (Å²) < 4.78 is 0. The van der Waals surface area contributed by atoms with Gasteiger partial charge in [-0.2, -0.15) is 5.26 Å². The number of hydrogen-bond donors (Lipinski definition) is 1. The van der Waals surface area contributed by atoms with Crippen molar-refractivity contribution >= 4 is 22.5 Å². The second kappa shape index (κ2) is 3.41. The van der Waals surface area contributed by atoms with Gasteiger partial charge in [0, 0.05) is 17.6 Å². The number of rotatable bonds is 0. The molecule has 74 valence electrons. The molecule has 1 heterocycles. The fourth-order valence-electron chi connectivity index (χ4n) is 1.38. The number of hydrogen-bond acceptors (Lipinski definition) is 3. The highest BCUT2D eigenvalue weighted by molar-refractivity contribution is 6.36. The Hall–Kier alpha value is -1.79. The van der Waals surface area contributed by atoms with Crippen LogP contribution in [-0.4, -0.2) is 10.1 Å². The molecule has 0 fully saturated rings. The van der Waals surface area contributed by atoms with E-state index in [4.69, 9.17) is 16.9 Å². The summed E-state index contributed by atoms with van der Waals surface area (Å²) in [4.78, 5) is 4.05. The van der Waals surface area contributed by atoms with Crippen LogP contribution in [0.1, 0.15) is 11.1 Å². The van der Waals surface area contributed by atoms with Gasteiger partial charge in [0.1, 0.15) is 11.8 Å². The average molecular weight is 219 g/mol. The number of phenols is 1. The number of aryl methyl sites for hydroxylation is 1. The number of benzene rings is 1. The van der Waals surface area contributed by atoms with Crippen LogP contribution in [0.2, 0.25) is 5.02 Å². The largest absolute Gasteiger partial charge is 0.508 e. The topological polar surface area (TPSA) is 56.9 Å². The SMILES string of the molecule is Cc1cc2c(Cl)c(C#N)cnc2cc1O. The van der Waals surface area contributed by atoms with Gasteiger partial charge >= 0.3 is 0 Å². The van der Waals surface area contributed by atoms with Gasteiger partial charge in [-0.25, -0.2) is 0 Å². The maximum absolute atomic E-state index is 9.49. The van der Waals surface area contributed by atoms with E-state index in [-0.39, 0.29) is 5.75 Å². The Morgan fingerprint density at radius 3 is 2.87 bits per heavy atom. The second-order valence-electron chi connectivity index (χ2n) is 3.25. The Morgan fingerprint density at radius 1 is 1.47 bits per heavy atom. The molecular weight excluding hydrogens is 212 g/mol. The number of aromatic nitrogens is 1. The van der Waals surface area contributed by atoms with Crippen LogP contribution in [0.5, 0.6) is 5.75 Å². The highest BCUT2D eigenvalue weighted by atomic mass is 35.5. The molecule has 0 bridgehead atoms. The van der Waals surface area contributed by atoms with Gasteiger partial charge in [0.25, 0.3) is 0 Å². The zero-order chi connectivity index (χ0) is 11.0. The van der Waals surface area contributed by atoms with Gasteiger partial charge in [0.05, 0.1) is 16.1 Å². The molecule has 2 rings (SSSR count). The van der Waals surface area contributed by atoms with Gasteiger partial charge in [-0.15, -0.1) is 0 Å². The number of fused-ring (bicyclic) bond motifs is 1. The van der Waals surface area contributed by atoms with Crippen molar-refractivity contribution in [1.29, 1.82) is 5.26 Å². The molecule has 0 aliphatic carbocycles. The molecule has 0 atom stereocenters. The molecule has 15 heavy (non-hydrogen) atoms. The van der Waals surface area contributed by atoms with E-state index in [2.05, 4.69) is 4.98 Å². The first-order valence-electron chi connectivity index (χ1n) is 4.31. The van der Waals surface area contributed by atoms with Gasteiger partial charge in [-0.05, 0) is 18.6 Å². The van der Waals surface area contributed by atoms with Crippen molar-refractivity contribution in [3.05, 3.63) is 34.5 Å². The molecule has 1 N–H and O–H groups in total. The molecule has 0 saturated carbocycles. The summed E-state index contributed by atoms with van der Waals surface area (Å²) in [7, 11) is 0. The number of halogens is 1. The first kappa shape index (κ1) is 9.75. The number of nitriles is 1. The third-order valence-electron chi connectivity index (χ3n) is 2.24. The summed E-state index contributed by atoms with van der Waals surface area (Å²) in [6.07, 6.45) is 1.40. The molecular formula is C11H7ClN2O. The summed E-state index contributed by atoms with van der Waals surface area (Å²) in [5.74, 6) is 0.177. The maximum atomic E-state index is 9.49. The fourth-order valence-corrected chi connectivity index (χ4v) is 1.62. The van der Waals surface area contributed by atoms with E-state index in [1.165, 1.54) is 12.3 Å². The molecule has 0 spiro atoms. The Labute approximate surface area is 91.6 Å². The molecule has 1 aromatic heterocycles. The molecule has 1 aromatic carbocycles. The fraction of sp³-hybridized carbons (Fsp3) is 0.0909. The Balaban J connectivity index is 2.89. The van der Waals surface area contributed by atoms with Gasteiger partial charge in [-0.3, -0.25) is 4.98 Å². The van der Waals surface area contributed by atoms with Crippen molar-refractivity contribution in [3.63, 3.8) is 0 Å². The van der Waals surface area contributed by atoms with E-state index in [9.17, 15) is 5.11 Å². The van der Waals surface area contributed by atoms with Gasteiger partial charge in [0.15, 0.2) is 0 Å². The molecule has 2 aromatic rings. The lowest BCUT2D eigenvalue weighted by atomic mass is 10.1. The van der Waals surface area contributed by atoms with E-state index in [1.807, 2.05) is 6.07 Å². The minimum atomic E-state index is 0.177. The van der Waals surface area contributed by atoms with Gasteiger partial charge < -0.3 is 5.11 Å². The molecule has 0 amide bonds. The predicted octanol–water partition coefficient (Wildman–Crippen LogP) is 2.77. The summed E-state index contributed by atoms with van der Waals surface area (Å²) in [6, 6.07) is 5.23. The molecule has 0 aliphatic rings. The van der Waals surface area contributed by atoms with Crippen LogP contribution in [0, 0.1) is 18.3 Å². The van der Waals surface area contributed by atoms with Crippen molar-refractivity contribution in [1.82, 2.24) is 4.98 Å². The summed E-state index contributed by atoms with van der Waals surface area (Å²) in [5, 5.41) is 19.3. The normalized spacial score (nSPS) is 10.2. The highest BCUT2D eigenvalue weighted by Gasteiger charge is 2.08. The quantitative estimate of drug-likeness (QED) is 0.740. The van der Waals surface area contributed by atoms with Crippen LogP contribution in [0.25, 0.3) is 10.9 Å². The third kappa shape index (κ3) is 1.49. The van der Waals surface area contributed by atoms with Crippen LogP contribution in [0.3, 0.4) is 0 Å². The molecule has 0 radical (unpaired) electrons. The molecule has 4 heteroatoms. The summed E-state index contributed by atoms with van der Waals surface area (Å²) in [6.45, 7) is 1.77. The van der Waals surface area contributed by atoms with Crippen LogP contribution in [0.4, 0.5) is 0 Å². The predicted molar refractivity (Wildman–Crippen MR) is 57.9 cm³/mol. The average Bonchev–Trinajstić information content (AvgIpc) is 2.22. The minimum absolute atomic E-state index is 0.177. The summed E-state index contributed by atoms with van der Waals surface area (Å²) >= 11 is 6.02. The van der Waals surface area contributed by atoms with Crippen LogP contribution < -0.4 is 0 Å². The zero-order valence-electron chi connectivity index (χ0n) is 7.95. The Morgan fingerprint density at radius 2 is 2.20 bits per heavy atom. The van der Waals surface area contributed by atoms with Crippen molar-refractivity contribution in [2.45, 2.75) is 6.92 Å². The van der Waals surface area contributed by atoms with Crippen molar-refractivity contribution in [2.24, 2.45) is 0 Å². The second-order valence-corrected chi connectivity index (χ2v) is 3.63. The monoisotopic (exact) mass is 218 g/mol. The number of nitrogens with zero attached hydrogens (tertiary/aromatic N) is 2. The van der Waals surface area contributed by atoms with Crippen LogP contribution in [-0.2, 0) is 0 Å². The molecule has 0 saturated heterocycles. The summed E-state index contributed by atoms with van der Waals surface area (Å²) in [5.41, 5.74) is 1.64. The molecule has 0 unspecified atom stereocenters. The standard InChI is InChI=1S/C11H7ClN2O/c1-6-2-8-9(3-10(6)15)14-5-7(4-13)11(8)12/h2-3,5,15H,1H3. The van der Waals surface area contributed by atoms with Crippen molar-refractivity contribution in [2.75, 3.05) is 0 Å². The van der Waals surface area contributed by atoms with Crippen LogP contribution in [0.15, 0.2) is 18.3 Å². The van der Waals surface area contributed by atoms with Gasteiger partial charge in [0.2, 0.25) is 0 Å². The Kier molecular flexibility index (Phi) is 2.22. The maximum Gasteiger partial charge on any atom is 0.120 e. The van der Waals surface area contributed by atoms with Gasteiger partial charge in [-0.1, -0.05) is 11.6 Å². The first-order valence-corrected chi connectivity index (χ1v) is 4.69. The van der Waals surface area contributed by atoms with Crippen molar-refractivity contribution in [3.8, 4) is 11.8 Å². The molecule has 3 nitrogen and oxygen atoms in total. The minimum Gasteiger partial charge on any atom is -0.508 e. The number of phenolic OH excluding ortho intramolecular Hbond substituents is 1. The lowest BCUT2D eigenvalue weighted by Crippen LogP contribution is -1.86. The third-order valence-corrected chi connectivity index (χ3v) is 2.65.